The molecule has 2 aromatic heterocycles. The van der Waals surface area contributed by atoms with Crippen molar-refractivity contribution >= 4 is 40.9 Å². The van der Waals surface area contributed by atoms with E-state index in [9.17, 15) is 9.59 Å². The van der Waals surface area contributed by atoms with Crippen LogP contribution in [-0.4, -0.2) is 26.4 Å². The van der Waals surface area contributed by atoms with Gasteiger partial charge in [0.2, 0.25) is 0 Å². The number of rotatable bonds is 4. The number of amides is 1. The second-order valence-corrected chi connectivity index (χ2v) is 5.29. The molecule has 120 valence electrons. The number of benzene rings is 1. The van der Waals surface area contributed by atoms with Crippen LogP contribution in [0, 0.1) is 0 Å². The minimum absolute atomic E-state index is 0.125. The number of fused-ring (bicyclic) bond motifs is 1. The SMILES string of the molecule is O=C(O)/C=C/c1ccc(NC(=O)c2c(Cl)nc3ccccn23)cc1. The molecule has 0 saturated heterocycles. The van der Waals surface area contributed by atoms with Crippen LogP contribution in [0.15, 0.2) is 54.7 Å². The van der Waals surface area contributed by atoms with Crippen molar-refractivity contribution in [2.45, 2.75) is 0 Å². The van der Waals surface area contributed by atoms with E-state index in [4.69, 9.17) is 16.7 Å². The van der Waals surface area contributed by atoms with Crippen molar-refractivity contribution in [2.24, 2.45) is 0 Å². The molecule has 0 aliphatic heterocycles. The summed E-state index contributed by atoms with van der Waals surface area (Å²) in [5.41, 5.74) is 2.11. The molecule has 2 N–H and O–H groups in total. The van der Waals surface area contributed by atoms with E-state index in [1.165, 1.54) is 6.08 Å². The molecule has 1 aromatic carbocycles. The molecule has 24 heavy (non-hydrogen) atoms. The fourth-order valence-electron chi connectivity index (χ4n) is 2.21. The molecule has 0 aliphatic carbocycles. The Labute approximate surface area is 142 Å². The summed E-state index contributed by atoms with van der Waals surface area (Å²) in [7, 11) is 0. The highest BCUT2D eigenvalue weighted by Crippen LogP contribution is 2.19. The van der Waals surface area contributed by atoms with Crippen LogP contribution in [-0.2, 0) is 4.79 Å². The van der Waals surface area contributed by atoms with Gasteiger partial charge < -0.3 is 10.4 Å². The Morgan fingerprint density at radius 3 is 2.62 bits per heavy atom. The number of carbonyl (C=O) groups excluding carboxylic acids is 1. The first-order chi connectivity index (χ1) is 11.5. The normalized spacial score (nSPS) is 11.0. The van der Waals surface area contributed by atoms with Crippen molar-refractivity contribution in [3.05, 3.63) is 71.1 Å². The number of aromatic nitrogens is 2. The first-order valence-electron chi connectivity index (χ1n) is 6.99. The zero-order valence-electron chi connectivity index (χ0n) is 12.3. The first-order valence-corrected chi connectivity index (χ1v) is 7.37. The molecule has 3 aromatic rings. The minimum atomic E-state index is -1.02. The Morgan fingerprint density at radius 1 is 1.17 bits per heavy atom. The van der Waals surface area contributed by atoms with Crippen LogP contribution in [0.5, 0.6) is 0 Å². The van der Waals surface area contributed by atoms with Gasteiger partial charge in [-0.2, -0.15) is 0 Å². The quantitative estimate of drug-likeness (QED) is 0.713. The third-order valence-electron chi connectivity index (χ3n) is 3.29. The van der Waals surface area contributed by atoms with Gasteiger partial charge in [0, 0.05) is 18.0 Å². The number of halogens is 1. The third-order valence-corrected chi connectivity index (χ3v) is 3.55. The molecule has 7 heteroatoms. The molecule has 0 saturated carbocycles. The van der Waals surface area contributed by atoms with E-state index < -0.39 is 5.97 Å². The Morgan fingerprint density at radius 2 is 1.92 bits per heavy atom. The lowest BCUT2D eigenvalue weighted by atomic mass is 10.2. The van der Waals surface area contributed by atoms with Crippen LogP contribution >= 0.6 is 11.6 Å². The molecule has 0 spiro atoms. The van der Waals surface area contributed by atoms with Gasteiger partial charge in [-0.05, 0) is 35.9 Å². The zero-order valence-corrected chi connectivity index (χ0v) is 13.1. The number of nitrogens with zero attached hydrogens (tertiary/aromatic N) is 2. The third kappa shape index (κ3) is 3.28. The lowest BCUT2D eigenvalue weighted by molar-refractivity contribution is -0.131. The number of carboxylic acid groups (broad SMARTS) is 1. The molecule has 0 radical (unpaired) electrons. The molecule has 0 unspecified atom stereocenters. The first kappa shape index (κ1) is 15.8. The highest BCUT2D eigenvalue weighted by molar-refractivity contribution is 6.33. The maximum atomic E-state index is 12.5. The minimum Gasteiger partial charge on any atom is -0.478 e. The van der Waals surface area contributed by atoms with E-state index >= 15 is 0 Å². The maximum absolute atomic E-state index is 12.5. The van der Waals surface area contributed by atoms with Crippen molar-refractivity contribution < 1.29 is 14.7 Å². The molecular weight excluding hydrogens is 330 g/mol. The fourth-order valence-corrected chi connectivity index (χ4v) is 2.47. The van der Waals surface area contributed by atoms with Crippen LogP contribution in [0.1, 0.15) is 16.1 Å². The van der Waals surface area contributed by atoms with Crippen LogP contribution in [0.4, 0.5) is 5.69 Å². The number of nitrogens with one attached hydrogen (secondary N) is 1. The van der Waals surface area contributed by atoms with Gasteiger partial charge in [0.1, 0.15) is 5.65 Å². The van der Waals surface area contributed by atoms with Crippen LogP contribution in [0.25, 0.3) is 11.7 Å². The maximum Gasteiger partial charge on any atom is 0.328 e. The fraction of sp³-hybridized carbons (Fsp3) is 0. The van der Waals surface area contributed by atoms with E-state index in [1.807, 2.05) is 6.07 Å². The number of pyridine rings is 1. The van der Waals surface area contributed by atoms with Crippen molar-refractivity contribution in [3.8, 4) is 0 Å². The second kappa shape index (κ2) is 6.55. The molecule has 6 nitrogen and oxygen atoms in total. The number of carboxylic acids is 1. The van der Waals surface area contributed by atoms with E-state index in [0.717, 1.165) is 6.08 Å². The van der Waals surface area contributed by atoms with Crippen molar-refractivity contribution in [2.75, 3.05) is 5.32 Å². The van der Waals surface area contributed by atoms with Crippen molar-refractivity contribution in [1.82, 2.24) is 9.38 Å². The number of hydrogen-bond donors (Lipinski definition) is 2. The molecule has 0 aliphatic rings. The largest absolute Gasteiger partial charge is 0.478 e. The summed E-state index contributed by atoms with van der Waals surface area (Å²) in [6, 6.07) is 12.1. The van der Waals surface area contributed by atoms with Crippen LogP contribution in [0.3, 0.4) is 0 Å². The predicted molar refractivity (Wildman–Crippen MR) is 91.3 cm³/mol. The number of carbonyl (C=O) groups is 2. The molecule has 0 bridgehead atoms. The van der Waals surface area contributed by atoms with Gasteiger partial charge in [0.05, 0.1) is 0 Å². The van der Waals surface area contributed by atoms with Gasteiger partial charge in [-0.3, -0.25) is 9.20 Å². The summed E-state index contributed by atoms with van der Waals surface area (Å²) >= 11 is 6.07. The van der Waals surface area contributed by atoms with Crippen molar-refractivity contribution in [3.63, 3.8) is 0 Å². The summed E-state index contributed by atoms with van der Waals surface area (Å²) in [6.45, 7) is 0. The van der Waals surface area contributed by atoms with E-state index in [-0.39, 0.29) is 16.8 Å². The molecule has 0 fully saturated rings. The second-order valence-electron chi connectivity index (χ2n) is 4.93. The highest BCUT2D eigenvalue weighted by atomic mass is 35.5. The molecule has 3 rings (SSSR count). The number of hydrogen-bond acceptors (Lipinski definition) is 3. The standard InChI is InChI=1S/C17H12ClN3O3/c18-16-15(21-10-2-1-3-13(21)20-16)17(24)19-12-7-4-11(5-8-12)6-9-14(22)23/h1-10H,(H,19,24)(H,22,23)/b9-6+. The molecule has 1 amide bonds. The smallest absolute Gasteiger partial charge is 0.328 e. The van der Waals surface area contributed by atoms with Gasteiger partial charge in [0.15, 0.2) is 10.8 Å². The topological polar surface area (TPSA) is 83.7 Å². The monoisotopic (exact) mass is 341 g/mol. The summed E-state index contributed by atoms with van der Waals surface area (Å²) in [4.78, 5) is 27.1. The summed E-state index contributed by atoms with van der Waals surface area (Å²) in [6.07, 6.45) is 4.23. The average molecular weight is 342 g/mol. The summed E-state index contributed by atoms with van der Waals surface area (Å²) in [5, 5.41) is 11.5. The molecular formula is C17H12ClN3O3. The van der Waals surface area contributed by atoms with E-state index in [2.05, 4.69) is 10.3 Å². The summed E-state index contributed by atoms with van der Waals surface area (Å²) in [5.74, 6) is -1.40. The zero-order chi connectivity index (χ0) is 17.1. The van der Waals surface area contributed by atoms with E-state index in [0.29, 0.717) is 16.9 Å². The van der Waals surface area contributed by atoms with Gasteiger partial charge >= 0.3 is 5.97 Å². The number of anilines is 1. The Balaban J connectivity index is 1.81. The van der Waals surface area contributed by atoms with Gasteiger partial charge in [-0.1, -0.05) is 29.8 Å². The van der Waals surface area contributed by atoms with Crippen LogP contribution in [0.2, 0.25) is 5.15 Å². The predicted octanol–water partition coefficient (Wildman–Crippen LogP) is 3.34. The highest BCUT2D eigenvalue weighted by Gasteiger charge is 2.17. The van der Waals surface area contributed by atoms with E-state index in [1.54, 1.807) is 47.0 Å². The Kier molecular flexibility index (Phi) is 4.31. The van der Waals surface area contributed by atoms with Gasteiger partial charge in [-0.25, -0.2) is 9.78 Å². The van der Waals surface area contributed by atoms with Gasteiger partial charge in [-0.15, -0.1) is 0 Å². The van der Waals surface area contributed by atoms with Gasteiger partial charge in [0.25, 0.3) is 5.91 Å². The van der Waals surface area contributed by atoms with Crippen LogP contribution < -0.4 is 5.32 Å². The summed E-state index contributed by atoms with van der Waals surface area (Å²) < 4.78 is 1.61. The number of aliphatic carboxylic acids is 1. The average Bonchev–Trinajstić information content (AvgIpc) is 2.90. The lowest BCUT2D eigenvalue weighted by Gasteiger charge is -2.06. The molecule has 0 atom stereocenters. The Hall–Kier alpha value is -3.12. The Bertz CT molecular complexity index is 945. The molecule has 2 heterocycles. The number of imidazole rings is 1. The lowest BCUT2D eigenvalue weighted by Crippen LogP contribution is -2.14. The van der Waals surface area contributed by atoms with Crippen molar-refractivity contribution in [1.29, 1.82) is 0 Å².